The molecule has 9 nitrogen and oxygen atoms in total. The summed E-state index contributed by atoms with van der Waals surface area (Å²) < 4.78 is 13.8. The second kappa shape index (κ2) is 24.4. The molecular weight excluding hydrogens is 1240 g/mol. The number of thiophene rings is 1. The Morgan fingerprint density at radius 1 is 0.230 bits per heavy atom. The first-order valence-electron chi connectivity index (χ1n) is 33.4. The quantitative estimate of drug-likeness (QED) is 0.134. The number of hydrogen-bond acceptors (Lipinski definition) is 8. The molecule has 0 bridgehead atoms. The molecule has 0 aliphatic rings. The lowest BCUT2D eigenvalue weighted by atomic mass is 10.0. The second-order valence-corrected chi connectivity index (χ2v) is 26.0. The lowest BCUT2D eigenvalue weighted by Crippen LogP contribution is -2.01. The van der Waals surface area contributed by atoms with Crippen LogP contribution in [-0.4, -0.2) is 39.0 Å². The molecule has 0 amide bonds. The first kappa shape index (κ1) is 58.1. The van der Waals surface area contributed by atoms with Crippen LogP contribution in [0.2, 0.25) is 0 Å². The number of fused-ring (bicyclic) bond motifs is 12. The van der Waals surface area contributed by atoms with Crippen LogP contribution in [0, 0.1) is 0 Å². The van der Waals surface area contributed by atoms with Gasteiger partial charge in [0.25, 0.3) is 0 Å². The van der Waals surface area contributed by atoms with Crippen LogP contribution in [0.3, 0.4) is 0 Å². The minimum absolute atomic E-state index is 0.623. The lowest BCUT2D eigenvalue weighted by Gasteiger charge is -2.12. The molecular formula is C90H56N8OS. The summed E-state index contributed by atoms with van der Waals surface area (Å²) in [7, 11) is 0. The number of para-hydroxylation sites is 4. The van der Waals surface area contributed by atoms with Crippen molar-refractivity contribution in [1.82, 2.24) is 39.0 Å². The van der Waals surface area contributed by atoms with Gasteiger partial charge in [-0.15, -0.1) is 11.3 Å². The summed E-state index contributed by atoms with van der Waals surface area (Å²) in [5.74, 6) is 3.84. The number of hydrogen-bond donors (Lipinski definition) is 0. The maximum atomic E-state index is 6.45. The van der Waals surface area contributed by atoms with Crippen LogP contribution in [0.25, 0.3) is 188 Å². The van der Waals surface area contributed by atoms with Gasteiger partial charge in [-0.05, 0) is 83.4 Å². The van der Waals surface area contributed by atoms with Gasteiger partial charge in [0.2, 0.25) is 0 Å². The summed E-state index contributed by atoms with van der Waals surface area (Å²) in [5.41, 5.74) is 18.7. The minimum atomic E-state index is 0.623. The molecule has 6 aromatic heterocycles. The Bertz CT molecular complexity index is 6420. The SMILES string of the molecule is c1ccc(-c2nc(-c3ccccc3)nc(-c3cccc(-n4c5ccccc5c5cc(-c6cccc7c6sc6ccccc67)ccc54)c3)n2)cc1.c1ccc(-c2nc(-c3ccccc3)nc(-c3cccc(-n4c5ccccc5c5ccc(-c6cccc7c6oc6ccccc67)cc54)c3)n2)cc1. The fraction of sp³-hybridized carbons (Fsp3) is 0. The van der Waals surface area contributed by atoms with E-state index in [0.29, 0.717) is 34.9 Å². The number of furan rings is 1. The highest BCUT2D eigenvalue weighted by Gasteiger charge is 2.21. The lowest BCUT2D eigenvalue weighted by molar-refractivity contribution is 0.670. The van der Waals surface area contributed by atoms with Crippen LogP contribution < -0.4 is 0 Å². The standard InChI is InChI=1S/C45H28N4O.C45H28N4S/c1-3-13-29(14-4-1)43-46-44(30-15-5-2-6-16-30)48-45(47-43)32-17-11-18-33(27-32)49-39-23-9-7-19-35(39)36-26-25-31(28-40(36)49)34-21-12-22-38-37-20-8-10-24-41(37)50-42(34)38;1-3-13-29(14-4-1)43-46-44(30-15-5-2-6-16-30)48-45(47-43)32-17-11-18-33(27-32)49-39-23-9-7-19-35(39)38-28-31(25-26-40(38)49)34-21-12-22-37-36-20-8-10-24-41(36)50-42(34)37/h2*1-28H. The van der Waals surface area contributed by atoms with E-state index in [4.69, 9.17) is 34.3 Å². The molecule has 0 spiro atoms. The maximum Gasteiger partial charge on any atom is 0.164 e. The zero-order valence-electron chi connectivity index (χ0n) is 53.7. The normalized spacial score (nSPS) is 11.6. The average molecular weight is 1300 g/mol. The summed E-state index contributed by atoms with van der Waals surface area (Å²) >= 11 is 1.87. The Kier molecular flexibility index (Phi) is 14.2. The van der Waals surface area contributed by atoms with Gasteiger partial charge in [-0.25, -0.2) is 29.9 Å². The molecule has 0 N–H and O–H groups in total. The van der Waals surface area contributed by atoms with Gasteiger partial charge in [0.15, 0.2) is 34.9 Å². The topological polar surface area (TPSA) is 100 Å². The highest BCUT2D eigenvalue weighted by Crippen LogP contribution is 2.44. The van der Waals surface area contributed by atoms with E-state index in [9.17, 15) is 0 Å². The van der Waals surface area contributed by atoms with Crippen LogP contribution in [0.5, 0.6) is 0 Å². The molecule has 0 saturated heterocycles. The summed E-state index contributed by atoms with van der Waals surface area (Å²) in [4.78, 5) is 29.8. The van der Waals surface area contributed by atoms with Crippen molar-refractivity contribution in [2.45, 2.75) is 0 Å². The van der Waals surface area contributed by atoms with Crippen molar-refractivity contribution in [1.29, 1.82) is 0 Å². The molecule has 0 fully saturated rings. The molecule has 0 aliphatic heterocycles. The van der Waals surface area contributed by atoms with E-state index in [0.717, 1.165) is 99.9 Å². The molecule has 468 valence electrons. The summed E-state index contributed by atoms with van der Waals surface area (Å²) in [5, 5.41) is 9.69. The summed E-state index contributed by atoms with van der Waals surface area (Å²) in [6.07, 6.45) is 0. The second-order valence-electron chi connectivity index (χ2n) is 24.9. The number of nitrogens with zero attached hydrogens (tertiary/aromatic N) is 8. The third-order valence-corrected chi connectivity index (χ3v) is 20.1. The molecule has 0 unspecified atom stereocenters. The Balaban J connectivity index is 0.000000139. The van der Waals surface area contributed by atoms with Gasteiger partial charge in [0.05, 0.1) is 22.1 Å². The van der Waals surface area contributed by atoms with Crippen LogP contribution in [-0.2, 0) is 0 Å². The Hall–Kier alpha value is -13.3. The summed E-state index contributed by atoms with van der Waals surface area (Å²) in [6, 6.07) is 118. The molecule has 100 heavy (non-hydrogen) atoms. The van der Waals surface area contributed by atoms with Gasteiger partial charge >= 0.3 is 0 Å². The van der Waals surface area contributed by atoms with E-state index in [2.05, 4.69) is 215 Å². The van der Waals surface area contributed by atoms with E-state index in [1.807, 2.05) is 145 Å². The molecule has 10 heteroatoms. The van der Waals surface area contributed by atoms with Gasteiger partial charge in [0, 0.05) is 103 Å². The number of benzene rings is 14. The third-order valence-electron chi connectivity index (χ3n) is 18.9. The van der Waals surface area contributed by atoms with E-state index in [1.54, 1.807) is 0 Å². The molecule has 20 aromatic rings. The Labute approximate surface area is 578 Å². The van der Waals surface area contributed by atoms with Crippen LogP contribution in [0.4, 0.5) is 0 Å². The molecule has 6 heterocycles. The molecule has 0 atom stereocenters. The largest absolute Gasteiger partial charge is 0.455 e. The summed E-state index contributed by atoms with van der Waals surface area (Å²) in [6.45, 7) is 0. The number of rotatable bonds is 10. The highest BCUT2D eigenvalue weighted by molar-refractivity contribution is 7.26. The van der Waals surface area contributed by atoms with E-state index < -0.39 is 0 Å². The zero-order chi connectivity index (χ0) is 66.0. The fourth-order valence-electron chi connectivity index (χ4n) is 14.2. The molecule has 14 aromatic carbocycles. The van der Waals surface area contributed by atoms with E-state index in [-0.39, 0.29) is 0 Å². The van der Waals surface area contributed by atoms with Crippen LogP contribution in [0.1, 0.15) is 0 Å². The Morgan fingerprint density at radius 3 is 1.19 bits per heavy atom. The van der Waals surface area contributed by atoms with Crippen LogP contribution >= 0.6 is 11.3 Å². The minimum Gasteiger partial charge on any atom is -0.455 e. The van der Waals surface area contributed by atoms with Gasteiger partial charge in [-0.3, -0.25) is 0 Å². The highest BCUT2D eigenvalue weighted by atomic mass is 32.1. The number of aromatic nitrogens is 8. The van der Waals surface area contributed by atoms with Crippen molar-refractivity contribution < 1.29 is 4.42 Å². The zero-order valence-corrected chi connectivity index (χ0v) is 54.5. The van der Waals surface area contributed by atoms with Gasteiger partial charge in [-0.2, -0.15) is 0 Å². The predicted molar refractivity (Wildman–Crippen MR) is 412 cm³/mol. The van der Waals surface area contributed by atoms with Gasteiger partial charge in [0.1, 0.15) is 11.2 Å². The predicted octanol–water partition coefficient (Wildman–Crippen LogP) is 23.5. The molecule has 0 aliphatic carbocycles. The average Bonchev–Trinajstić information content (AvgIpc) is 1.59. The first-order valence-corrected chi connectivity index (χ1v) is 34.2. The van der Waals surface area contributed by atoms with Crippen molar-refractivity contribution in [3.05, 3.63) is 340 Å². The van der Waals surface area contributed by atoms with Crippen LogP contribution in [0.15, 0.2) is 344 Å². The maximum absolute atomic E-state index is 6.45. The van der Waals surface area contributed by atoms with E-state index >= 15 is 0 Å². The van der Waals surface area contributed by atoms with Gasteiger partial charge < -0.3 is 13.6 Å². The van der Waals surface area contributed by atoms with Crippen molar-refractivity contribution in [2.75, 3.05) is 0 Å². The third kappa shape index (κ3) is 10.2. The fourth-order valence-corrected chi connectivity index (χ4v) is 15.5. The van der Waals surface area contributed by atoms with Crippen molar-refractivity contribution in [3.8, 4) is 102 Å². The molecule has 20 rings (SSSR count). The Morgan fingerprint density at radius 2 is 0.620 bits per heavy atom. The molecule has 0 radical (unpaired) electrons. The van der Waals surface area contributed by atoms with Crippen molar-refractivity contribution in [3.63, 3.8) is 0 Å². The monoisotopic (exact) mass is 1300 g/mol. The van der Waals surface area contributed by atoms with E-state index in [1.165, 1.54) is 52.8 Å². The van der Waals surface area contributed by atoms with Gasteiger partial charge in [-0.1, -0.05) is 273 Å². The van der Waals surface area contributed by atoms with Crippen molar-refractivity contribution in [2.24, 2.45) is 0 Å². The first-order chi connectivity index (χ1) is 49.6. The smallest absolute Gasteiger partial charge is 0.164 e. The van der Waals surface area contributed by atoms with Crippen molar-refractivity contribution >= 4 is 97.1 Å². The molecule has 0 saturated carbocycles.